The van der Waals surface area contributed by atoms with Gasteiger partial charge in [0.1, 0.15) is 18.4 Å². The summed E-state index contributed by atoms with van der Waals surface area (Å²) in [7, 11) is 0. The third kappa shape index (κ3) is 4.70. The number of halogens is 1. The van der Waals surface area contributed by atoms with Crippen molar-refractivity contribution in [2.24, 2.45) is 0 Å². The molecule has 4 heteroatoms. The fourth-order valence-corrected chi connectivity index (χ4v) is 4.90. The zero-order valence-corrected chi connectivity index (χ0v) is 23.0. The quantitative estimate of drug-likeness (QED) is 0.298. The highest BCUT2D eigenvalue weighted by Crippen LogP contribution is 2.32. The maximum atomic E-state index is 5.29. The molecule has 3 heterocycles. The van der Waals surface area contributed by atoms with Crippen LogP contribution in [0.4, 0.5) is 0 Å². The van der Waals surface area contributed by atoms with Crippen LogP contribution in [-0.4, -0.2) is 9.38 Å². The predicted octanol–water partition coefficient (Wildman–Crippen LogP) is 4.46. The number of benzene rings is 3. The number of fused-ring (bicyclic) bond motifs is 3. The number of pyridine rings is 2. The van der Waals surface area contributed by atoms with Crippen LogP contribution in [0.2, 0.25) is 0 Å². The molecule has 0 radical (unpaired) electrons. The fraction of sp³-hybridized carbons (Fsp3) is 0.152. The third-order valence-corrected chi connectivity index (χ3v) is 6.81. The van der Waals surface area contributed by atoms with Crippen LogP contribution >= 0.6 is 0 Å². The molecular weight excluding hydrogens is 518 g/mol. The molecule has 0 bridgehead atoms. The van der Waals surface area contributed by atoms with Crippen molar-refractivity contribution >= 4 is 16.7 Å². The Kier molecular flexibility index (Phi) is 6.70. The van der Waals surface area contributed by atoms with Crippen molar-refractivity contribution in [2.45, 2.75) is 32.7 Å². The summed E-state index contributed by atoms with van der Waals surface area (Å²) in [5.41, 5.74) is 10.3. The van der Waals surface area contributed by atoms with Crippen LogP contribution in [0.15, 0.2) is 115 Å². The number of imidazole rings is 1. The van der Waals surface area contributed by atoms with Crippen molar-refractivity contribution in [3.8, 4) is 22.4 Å². The number of hydrogen-bond acceptors (Lipinski definition) is 1. The maximum absolute atomic E-state index is 5.29. The molecular formula is C33H30BrN3. The van der Waals surface area contributed by atoms with Crippen LogP contribution in [0.25, 0.3) is 39.1 Å². The van der Waals surface area contributed by atoms with E-state index in [1.54, 1.807) is 0 Å². The van der Waals surface area contributed by atoms with Gasteiger partial charge in [0.2, 0.25) is 5.52 Å². The lowest BCUT2D eigenvalue weighted by Crippen LogP contribution is -3.00. The van der Waals surface area contributed by atoms with Gasteiger partial charge < -0.3 is 17.0 Å². The highest BCUT2D eigenvalue weighted by Gasteiger charge is 2.28. The Labute approximate surface area is 228 Å². The second kappa shape index (κ2) is 9.95. The molecule has 0 saturated heterocycles. The SMILES string of the molecule is CC(C)(C)c1cc2c(c(-c3ccccc3)n1)[n+](Cc1ccccc1)c1ccc(-c3ccccc3)cn21.[Br-]. The van der Waals surface area contributed by atoms with E-state index in [2.05, 4.69) is 145 Å². The molecule has 0 aliphatic rings. The summed E-state index contributed by atoms with van der Waals surface area (Å²) in [6.07, 6.45) is 2.27. The zero-order valence-electron chi connectivity index (χ0n) is 21.4. The maximum Gasteiger partial charge on any atom is 0.287 e. The highest BCUT2D eigenvalue weighted by molar-refractivity contribution is 5.90. The average Bonchev–Trinajstić information content (AvgIpc) is 3.22. The van der Waals surface area contributed by atoms with Crippen molar-refractivity contribution in [3.05, 3.63) is 127 Å². The van der Waals surface area contributed by atoms with Gasteiger partial charge >= 0.3 is 0 Å². The zero-order chi connectivity index (χ0) is 24.7. The Balaban J connectivity index is 0.00000280. The second-order valence-electron chi connectivity index (χ2n) is 10.4. The Bertz CT molecular complexity index is 1670. The van der Waals surface area contributed by atoms with Crippen LogP contribution in [0, 0.1) is 0 Å². The van der Waals surface area contributed by atoms with E-state index < -0.39 is 0 Å². The Morgan fingerprint density at radius 3 is 1.92 bits per heavy atom. The largest absolute Gasteiger partial charge is 1.00 e. The second-order valence-corrected chi connectivity index (χ2v) is 10.4. The number of nitrogens with zero attached hydrogens (tertiary/aromatic N) is 3. The van der Waals surface area contributed by atoms with Crippen LogP contribution in [0.5, 0.6) is 0 Å². The summed E-state index contributed by atoms with van der Waals surface area (Å²) < 4.78 is 4.77. The van der Waals surface area contributed by atoms with Gasteiger partial charge in [0.05, 0.1) is 5.69 Å². The molecule has 6 aromatic rings. The van der Waals surface area contributed by atoms with Gasteiger partial charge in [0.25, 0.3) is 5.65 Å². The van der Waals surface area contributed by atoms with Crippen molar-refractivity contribution in [2.75, 3.05) is 0 Å². The van der Waals surface area contributed by atoms with E-state index in [1.807, 2.05) is 0 Å². The van der Waals surface area contributed by atoms with Gasteiger partial charge in [-0.15, -0.1) is 0 Å². The minimum atomic E-state index is -0.0802. The van der Waals surface area contributed by atoms with Gasteiger partial charge in [0.15, 0.2) is 5.52 Å². The smallest absolute Gasteiger partial charge is 0.287 e. The summed E-state index contributed by atoms with van der Waals surface area (Å²) >= 11 is 0. The molecule has 0 spiro atoms. The van der Waals surface area contributed by atoms with Gasteiger partial charge in [-0.3, -0.25) is 0 Å². The predicted molar refractivity (Wildman–Crippen MR) is 148 cm³/mol. The van der Waals surface area contributed by atoms with E-state index in [9.17, 15) is 0 Å². The highest BCUT2D eigenvalue weighted by atomic mass is 79.9. The lowest BCUT2D eigenvalue weighted by atomic mass is 9.91. The third-order valence-electron chi connectivity index (χ3n) is 6.81. The van der Waals surface area contributed by atoms with Gasteiger partial charge in [-0.25, -0.2) is 9.55 Å². The van der Waals surface area contributed by atoms with Gasteiger partial charge in [-0.1, -0.05) is 112 Å². The van der Waals surface area contributed by atoms with Gasteiger partial charge in [-0.2, -0.15) is 4.40 Å². The molecule has 184 valence electrons. The molecule has 3 nitrogen and oxygen atoms in total. The molecule has 0 aliphatic heterocycles. The molecule has 0 aliphatic carbocycles. The standard InChI is InChI=1S/C33H30N3.BrH/c1-33(2,3)29-21-28-32(31(34-29)26-17-11-6-12-18-26)36(22-24-13-7-4-8-14-24)30-20-19-27(23-35(28)30)25-15-9-5-10-16-25;/h4-21,23H,22H2,1-3H3;1H/q+1;/p-1. The number of aromatic nitrogens is 3. The van der Waals surface area contributed by atoms with E-state index in [4.69, 9.17) is 4.98 Å². The summed E-state index contributed by atoms with van der Waals surface area (Å²) in [6.45, 7) is 7.48. The molecule has 6 rings (SSSR count). The summed E-state index contributed by atoms with van der Waals surface area (Å²) in [6, 6.07) is 38.6. The molecule has 0 unspecified atom stereocenters. The van der Waals surface area contributed by atoms with Gasteiger partial charge in [-0.05, 0) is 17.2 Å². The van der Waals surface area contributed by atoms with E-state index >= 15 is 0 Å². The summed E-state index contributed by atoms with van der Waals surface area (Å²) in [5, 5.41) is 0. The molecule has 0 amide bonds. The van der Waals surface area contributed by atoms with Crippen LogP contribution < -0.4 is 21.5 Å². The minimum Gasteiger partial charge on any atom is -1.00 e. The van der Waals surface area contributed by atoms with Crippen LogP contribution in [0.1, 0.15) is 32.0 Å². The van der Waals surface area contributed by atoms with Crippen molar-refractivity contribution in [1.82, 2.24) is 9.38 Å². The Morgan fingerprint density at radius 2 is 1.30 bits per heavy atom. The minimum absolute atomic E-state index is 0. The summed E-state index contributed by atoms with van der Waals surface area (Å²) in [4.78, 5) is 5.29. The van der Waals surface area contributed by atoms with E-state index in [1.165, 1.54) is 22.2 Å². The normalized spacial score (nSPS) is 11.5. The molecule has 3 aromatic heterocycles. The molecule has 37 heavy (non-hydrogen) atoms. The molecule has 3 aromatic carbocycles. The van der Waals surface area contributed by atoms with E-state index in [0.717, 1.165) is 34.7 Å². The topological polar surface area (TPSA) is 21.2 Å². The summed E-state index contributed by atoms with van der Waals surface area (Å²) in [5.74, 6) is 0. The van der Waals surface area contributed by atoms with Crippen molar-refractivity contribution in [1.29, 1.82) is 0 Å². The van der Waals surface area contributed by atoms with Crippen LogP contribution in [-0.2, 0) is 12.0 Å². The van der Waals surface area contributed by atoms with Gasteiger partial charge in [0, 0.05) is 28.7 Å². The first-order chi connectivity index (χ1) is 17.5. The lowest BCUT2D eigenvalue weighted by molar-refractivity contribution is -0.636. The number of rotatable bonds is 4. The Morgan fingerprint density at radius 1 is 0.703 bits per heavy atom. The first kappa shape index (κ1) is 24.9. The molecule has 0 saturated carbocycles. The van der Waals surface area contributed by atoms with Crippen LogP contribution in [0.3, 0.4) is 0 Å². The van der Waals surface area contributed by atoms with Crippen molar-refractivity contribution in [3.63, 3.8) is 0 Å². The van der Waals surface area contributed by atoms with E-state index in [0.29, 0.717) is 0 Å². The lowest BCUT2D eigenvalue weighted by Gasteiger charge is -2.18. The first-order valence-electron chi connectivity index (χ1n) is 12.5. The molecule has 0 atom stereocenters. The fourth-order valence-electron chi connectivity index (χ4n) is 4.90. The van der Waals surface area contributed by atoms with Crippen molar-refractivity contribution < 1.29 is 21.5 Å². The Hall–Kier alpha value is -3.76. The first-order valence-corrected chi connectivity index (χ1v) is 12.5. The molecule has 0 fully saturated rings. The monoisotopic (exact) mass is 547 g/mol. The average molecular weight is 549 g/mol. The number of hydrogen-bond donors (Lipinski definition) is 0. The van der Waals surface area contributed by atoms with E-state index in [-0.39, 0.29) is 22.4 Å². The molecule has 0 N–H and O–H groups in total.